The van der Waals surface area contributed by atoms with Crippen LogP contribution in [0.4, 0.5) is 0 Å². The quantitative estimate of drug-likeness (QED) is 0.812. The van der Waals surface area contributed by atoms with Crippen LogP contribution >= 0.6 is 0 Å². The van der Waals surface area contributed by atoms with E-state index >= 15 is 0 Å². The van der Waals surface area contributed by atoms with E-state index < -0.39 is 0 Å². The lowest BCUT2D eigenvalue weighted by molar-refractivity contribution is 0.520. The van der Waals surface area contributed by atoms with Crippen LogP contribution in [0.2, 0.25) is 0 Å². The molecule has 0 saturated heterocycles. The highest BCUT2D eigenvalue weighted by atomic mass is 15.1. The van der Waals surface area contributed by atoms with Crippen molar-refractivity contribution in [2.24, 2.45) is 0 Å². The van der Waals surface area contributed by atoms with Gasteiger partial charge >= 0.3 is 0 Å². The maximum Gasteiger partial charge on any atom is 0.0496 e. The van der Waals surface area contributed by atoms with Gasteiger partial charge in [-0.1, -0.05) is 30.4 Å². The van der Waals surface area contributed by atoms with E-state index in [0.29, 0.717) is 0 Å². The van der Waals surface area contributed by atoms with Gasteiger partial charge in [-0.25, -0.2) is 0 Å². The van der Waals surface area contributed by atoms with Gasteiger partial charge in [0.05, 0.1) is 0 Å². The molecule has 0 unspecified atom stereocenters. The molecule has 0 saturated carbocycles. The minimum atomic E-state index is 0.926. The van der Waals surface area contributed by atoms with Crippen molar-refractivity contribution >= 4 is 16.5 Å². The molecule has 0 amide bonds. The van der Waals surface area contributed by atoms with Crippen molar-refractivity contribution in [1.82, 2.24) is 9.88 Å². The molecular formula is C17H13N2. The van der Waals surface area contributed by atoms with Crippen molar-refractivity contribution in [2.75, 3.05) is 6.54 Å². The van der Waals surface area contributed by atoms with Gasteiger partial charge in [0, 0.05) is 46.7 Å². The average molecular weight is 245 g/mol. The SMILES string of the molecule is [C]1=C(c2cc3ccccc3[nH]2)C=CN2CC=CC=C12. The van der Waals surface area contributed by atoms with Crippen LogP contribution in [0.25, 0.3) is 16.5 Å². The van der Waals surface area contributed by atoms with Gasteiger partial charge in [0.15, 0.2) is 0 Å². The minimum Gasteiger partial charge on any atom is -0.355 e. The Morgan fingerprint density at radius 2 is 2.16 bits per heavy atom. The molecule has 91 valence electrons. The third-order valence-electron chi connectivity index (χ3n) is 3.51. The summed E-state index contributed by atoms with van der Waals surface area (Å²) in [6.07, 6.45) is 14.0. The molecule has 2 nitrogen and oxygen atoms in total. The Bertz CT molecular complexity index is 723. The first kappa shape index (κ1) is 10.4. The van der Waals surface area contributed by atoms with Crippen LogP contribution in [0.5, 0.6) is 0 Å². The van der Waals surface area contributed by atoms with Crippen molar-refractivity contribution in [1.29, 1.82) is 0 Å². The molecule has 0 fully saturated rings. The number of aromatic amines is 1. The van der Waals surface area contributed by atoms with Crippen molar-refractivity contribution in [3.63, 3.8) is 0 Å². The van der Waals surface area contributed by atoms with Gasteiger partial charge in [0.2, 0.25) is 0 Å². The monoisotopic (exact) mass is 245 g/mol. The van der Waals surface area contributed by atoms with Crippen LogP contribution in [-0.2, 0) is 0 Å². The summed E-state index contributed by atoms with van der Waals surface area (Å²) < 4.78 is 0. The Balaban J connectivity index is 1.80. The number of H-pyrrole nitrogens is 1. The summed E-state index contributed by atoms with van der Waals surface area (Å²) in [7, 11) is 0. The number of fused-ring (bicyclic) bond motifs is 2. The van der Waals surface area contributed by atoms with Crippen molar-refractivity contribution < 1.29 is 0 Å². The third kappa shape index (κ3) is 1.73. The first-order valence-electron chi connectivity index (χ1n) is 6.44. The molecule has 19 heavy (non-hydrogen) atoms. The molecule has 0 spiro atoms. The zero-order valence-corrected chi connectivity index (χ0v) is 10.4. The third-order valence-corrected chi connectivity index (χ3v) is 3.51. The van der Waals surface area contributed by atoms with Gasteiger partial charge < -0.3 is 9.88 Å². The van der Waals surface area contributed by atoms with Crippen LogP contribution in [0.15, 0.2) is 66.5 Å². The number of aromatic nitrogens is 1. The van der Waals surface area contributed by atoms with Crippen LogP contribution in [-0.4, -0.2) is 16.4 Å². The van der Waals surface area contributed by atoms with E-state index in [1.807, 2.05) is 6.07 Å². The summed E-state index contributed by atoms with van der Waals surface area (Å²) >= 11 is 0. The highest BCUT2D eigenvalue weighted by Gasteiger charge is 2.13. The van der Waals surface area contributed by atoms with Crippen molar-refractivity contribution in [2.45, 2.75) is 0 Å². The van der Waals surface area contributed by atoms with Gasteiger partial charge in [-0.3, -0.25) is 0 Å². The maximum atomic E-state index is 3.47. The fourth-order valence-corrected chi connectivity index (χ4v) is 2.50. The molecular weight excluding hydrogens is 232 g/mol. The Hall–Kier alpha value is -2.48. The highest BCUT2D eigenvalue weighted by molar-refractivity contribution is 5.86. The molecule has 2 aromatic rings. The second-order valence-electron chi connectivity index (χ2n) is 4.76. The summed E-state index contributed by atoms with van der Waals surface area (Å²) in [5.74, 6) is 0. The number of para-hydroxylation sites is 1. The van der Waals surface area contributed by atoms with E-state index in [1.54, 1.807) is 0 Å². The Kier molecular flexibility index (Phi) is 2.21. The smallest absolute Gasteiger partial charge is 0.0496 e. The Morgan fingerprint density at radius 1 is 1.21 bits per heavy atom. The normalized spacial score (nSPS) is 17.4. The number of nitrogens with zero attached hydrogens (tertiary/aromatic N) is 1. The summed E-state index contributed by atoms with van der Waals surface area (Å²) in [5, 5.41) is 1.24. The molecule has 2 aliphatic heterocycles. The van der Waals surface area contributed by atoms with Crippen molar-refractivity contribution in [3.8, 4) is 0 Å². The predicted octanol–water partition coefficient (Wildman–Crippen LogP) is 3.64. The van der Waals surface area contributed by atoms with E-state index in [4.69, 9.17) is 0 Å². The van der Waals surface area contributed by atoms with Crippen LogP contribution < -0.4 is 0 Å². The number of benzene rings is 1. The number of nitrogens with one attached hydrogen (secondary N) is 1. The lowest BCUT2D eigenvalue weighted by Gasteiger charge is -2.25. The van der Waals surface area contributed by atoms with Gasteiger partial charge in [-0.05, 0) is 24.3 Å². The molecule has 2 heteroatoms. The van der Waals surface area contributed by atoms with Gasteiger partial charge in [0.25, 0.3) is 0 Å². The maximum absolute atomic E-state index is 3.47. The molecule has 1 aromatic heterocycles. The Morgan fingerprint density at radius 3 is 3.11 bits per heavy atom. The van der Waals surface area contributed by atoms with Crippen molar-refractivity contribution in [3.05, 3.63) is 78.3 Å². The summed E-state index contributed by atoms with van der Waals surface area (Å²) in [4.78, 5) is 5.63. The van der Waals surface area contributed by atoms with E-state index in [2.05, 4.69) is 70.7 Å². The van der Waals surface area contributed by atoms with Crippen LogP contribution in [0.1, 0.15) is 5.69 Å². The lowest BCUT2D eigenvalue weighted by Crippen LogP contribution is -2.20. The molecule has 3 heterocycles. The van der Waals surface area contributed by atoms with Crippen LogP contribution in [0, 0.1) is 6.08 Å². The predicted molar refractivity (Wildman–Crippen MR) is 78.0 cm³/mol. The number of hydrogen-bond donors (Lipinski definition) is 1. The van der Waals surface area contributed by atoms with E-state index in [1.165, 1.54) is 10.9 Å². The lowest BCUT2D eigenvalue weighted by atomic mass is 10.1. The topological polar surface area (TPSA) is 19.0 Å². The number of allylic oxidation sites excluding steroid dienone is 5. The van der Waals surface area contributed by atoms with E-state index in [9.17, 15) is 0 Å². The molecule has 0 bridgehead atoms. The average Bonchev–Trinajstić information content (AvgIpc) is 2.90. The molecule has 4 rings (SSSR count). The zero-order chi connectivity index (χ0) is 12.7. The van der Waals surface area contributed by atoms with Gasteiger partial charge in [-0.15, -0.1) is 0 Å². The second-order valence-corrected chi connectivity index (χ2v) is 4.76. The van der Waals surface area contributed by atoms with E-state index in [0.717, 1.165) is 23.5 Å². The fourth-order valence-electron chi connectivity index (χ4n) is 2.50. The zero-order valence-electron chi connectivity index (χ0n) is 10.4. The van der Waals surface area contributed by atoms with Crippen LogP contribution in [0.3, 0.4) is 0 Å². The second kappa shape index (κ2) is 4.02. The molecule has 1 aromatic carbocycles. The molecule has 1 radical (unpaired) electrons. The molecule has 0 atom stereocenters. The Labute approximate surface area is 112 Å². The summed E-state index contributed by atoms with van der Waals surface area (Å²) in [6.45, 7) is 0.926. The minimum absolute atomic E-state index is 0.926. The van der Waals surface area contributed by atoms with Gasteiger partial charge in [0.1, 0.15) is 0 Å². The number of rotatable bonds is 1. The highest BCUT2D eigenvalue weighted by Crippen LogP contribution is 2.27. The van der Waals surface area contributed by atoms with Gasteiger partial charge in [-0.2, -0.15) is 0 Å². The largest absolute Gasteiger partial charge is 0.355 e. The standard InChI is InChI=1S/C17H13N2/c1-2-7-16-13(5-1)12-17(18-16)14-8-10-19-9-4-3-6-15(19)11-14/h1-8,10,12,18H,9H2. The molecule has 0 aliphatic carbocycles. The fraction of sp³-hybridized carbons (Fsp3) is 0.0588. The van der Waals surface area contributed by atoms with E-state index in [-0.39, 0.29) is 0 Å². The first-order valence-corrected chi connectivity index (χ1v) is 6.44. The molecule has 2 aliphatic rings. The first-order chi connectivity index (χ1) is 9.40. The number of hydrogen-bond acceptors (Lipinski definition) is 1. The summed E-state index contributed by atoms with van der Waals surface area (Å²) in [6, 6.07) is 10.5. The summed E-state index contributed by atoms with van der Waals surface area (Å²) in [5.41, 5.74) is 4.51. The molecule has 1 N–H and O–H groups in total.